The van der Waals surface area contributed by atoms with E-state index in [-0.39, 0.29) is 12.8 Å². The number of hydrogen-bond donors (Lipinski definition) is 4. The van der Waals surface area contributed by atoms with E-state index in [0.29, 0.717) is 0 Å². The van der Waals surface area contributed by atoms with Gasteiger partial charge in [-0.2, -0.15) is 0 Å². The first-order valence-corrected chi connectivity index (χ1v) is 20.2. The molecule has 0 aromatic rings. The largest absolute Gasteiger partial charge is 0.460 e. The molecule has 1 saturated carbocycles. The number of cyclic esters (lactones) is 6. The number of hydrogen-bond acceptors (Lipinski definition) is 19. The monoisotopic (exact) mass is 862 g/mol. The van der Waals surface area contributed by atoms with Gasteiger partial charge < -0.3 is 48.8 Å². The Morgan fingerprint density at radius 2 is 0.967 bits per heavy atom. The second kappa shape index (κ2) is 20.2. The molecule has 0 aromatic heterocycles. The summed E-state index contributed by atoms with van der Waals surface area (Å²) in [5.41, 5.74) is -6.51. The van der Waals surface area contributed by atoms with E-state index >= 15 is 9.59 Å². The van der Waals surface area contributed by atoms with Crippen molar-refractivity contribution in [2.24, 2.45) is 23.2 Å². The highest BCUT2D eigenvalue weighted by molar-refractivity contribution is 6.19. The maximum absolute atomic E-state index is 15.6. The van der Waals surface area contributed by atoms with Gasteiger partial charge in [-0.05, 0) is 85.5 Å². The smallest absolute Gasteiger partial charge is 0.330 e. The lowest BCUT2D eigenvalue weighted by Gasteiger charge is -2.38. The van der Waals surface area contributed by atoms with Crippen molar-refractivity contribution in [2.45, 2.75) is 147 Å². The lowest BCUT2D eigenvalue weighted by Crippen LogP contribution is -2.57. The van der Waals surface area contributed by atoms with Crippen LogP contribution in [-0.2, 0) is 71.6 Å². The van der Waals surface area contributed by atoms with E-state index < -0.39 is 169 Å². The van der Waals surface area contributed by atoms with Crippen molar-refractivity contribution in [2.75, 3.05) is 0 Å². The summed E-state index contributed by atoms with van der Waals surface area (Å²) in [6, 6.07) is 0. The van der Waals surface area contributed by atoms with E-state index in [0.717, 1.165) is 50.3 Å². The zero-order valence-electron chi connectivity index (χ0n) is 34.8. The van der Waals surface area contributed by atoms with Crippen LogP contribution in [0, 0.1) is 23.2 Å². The SMILES string of the molecule is C[C@@H]1OC(=O)[C@@H]([C@@]23C(=O)O[C@@H](C)[C@H](O)/C=C/C(=O)O[C@@H](C)CC[C@@](O)(C2=O)[C@H]2C(=O)CC[C@H](C)OC(=O)/C=C/[C@@H](O)[C@H](C)OC(=O)[C@@H]23)CC(=O)CC[C@H](C)OC(=O)/C=C/[C@H]1O. The molecule has 0 unspecified atom stereocenters. The Balaban J connectivity index is 2.11. The van der Waals surface area contributed by atoms with Crippen LogP contribution in [0.25, 0.3) is 0 Å². The van der Waals surface area contributed by atoms with Crippen molar-refractivity contribution in [1.82, 2.24) is 0 Å². The minimum atomic E-state index is -3.40. The summed E-state index contributed by atoms with van der Waals surface area (Å²) in [5.74, 6) is -18.5. The summed E-state index contributed by atoms with van der Waals surface area (Å²) in [7, 11) is 0. The number of esters is 6. The topological polar surface area (TPSA) is 290 Å². The van der Waals surface area contributed by atoms with Crippen LogP contribution in [0.3, 0.4) is 0 Å². The number of carbonyl (C=O) groups is 9. The summed E-state index contributed by atoms with van der Waals surface area (Å²) < 4.78 is 32.8. The van der Waals surface area contributed by atoms with Crippen molar-refractivity contribution in [3.05, 3.63) is 36.5 Å². The van der Waals surface area contributed by atoms with Gasteiger partial charge in [0.15, 0.2) is 11.2 Å². The van der Waals surface area contributed by atoms with Gasteiger partial charge >= 0.3 is 35.8 Å². The fraction of sp³-hybridized carbons (Fsp3) is 0.643. The molecule has 19 heteroatoms. The van der Waals surface area contributed by atoms with Crippen LogP contribution in [0.5, 0.6) is 0 Å². The minimum absolute atomic E-state index is 0.154. The van der Waals surface area contributed by atoms with E-state index in [9.17, 15) is 54.0 Å². The van der Waals surface area contributed by atoms with Gasteiger partial charge in [0.2, 0.25) is 0 Å². The molecule has 2 bridgehead atoms. The molecule has 336 valence electrons. The van der Waals surface area contributed by atoms with Gasteiger partial charge in [0.05, 0.1) is 36.1 Å². The number of ether oxygens (including phenoxy) is 6. The first kappa shape index (κ1) is 48.6. The summed E-state index contributed by atoms with van der Waals surface area (Å²) in [6.07, 6.45) is -11.7. The number of rotatable bonds is 1. The quantitative estimate of drug-likeness (QED) is 0.157. The first-order chi connectivity index (χ1) is 28.5. The van der Waals surface area contributed by atoms with Gasteiger partial charge in [-0.3, -0.25) is 28.8 Å². The van der Waals surface area contributed by atoms with Crippen LogP contribution in [0.4, 0.5) is 0 Å². The third-order valence-electron chi connectivity index (χ3n) is 11.5. The fourth-order valence-electron chi connectivity index (χ4n) is 7.90. The van der Waals surface area contributed by atoms with Crippen LogP contribution in [-0.4, -0.2) is 134 Å². The molecule has 4 rings (SSSR count). The normalized spacial score (nSPS) is 41.1. The van der Waals surface area contributed by atoms with E-state index in [1.54, 1.807) is 0 Å². The molecule has 3 aliphatic heterocycles. The standard InChI is InChI=1S/C42H54O19/c1-20-7-9-26(43)19-27(37(51)59-23(4)28(44)11-14-32(48)56-20)42-36-35(31(47)10-8-21(2)57-33(49)15-12-29(45)24(5)60-38(36)52)41(55,39(42)53)18-17-22(3)58-34(50)16-13-30(46)25(6)61-40(42)54/h11-16,20-25,27-30,35-36,44-46,55H,7-10,17-19H2,1-6H3/b14-11+,15-12+,16-13+/t20-,21-,22-,23-,24-,25-,27-,28+,29+,30+,35-,36+,41-,42-/m0/s1. The van der Waals surface area contributed by atoms with Crippen LogP contribution in [0.15, 0.2) is 36.5 Å². The number of carbonyl (C=O) groups excluding carboxylic acids is 9. The predicted molar refractivity (Wildman–Crippen MR) is 204 cm³/mol. The molecule has 0 saturated heterocycles. The van der Waals surface area contributed by atoms with Crippen molar-refractivity contribution >= 4 is 53.2 Å². The average molecular weight is 863 g/mol. The van der Waals surface area contributed by atoms with E-state index in [1.165, 1.54) is 27.7 Å². The van der Waals surface area contributed by atoms with Crippen LogP contribution >= 0.6 is 0 Å². The number of aliphatic hydroxyl groups excluding tert-OH is 3. The highest BCUT2D eigenvalue weighted by Crippen LogP contribution is 2.59. The molecule has 4 aliphatic rings. The predicted octanol–water partition coefficient (Wildman–Crippen LogP) is 0.386. The molecule has 0 radical (unpaired) electrons. The van der Waals surface area contributed by atoms with Crippen molar-refractivity contribution in [3.8, 4) is 0 Å². The molecule has 61 heavy (non-hydrogen) atoms. The highest BCUT2D eigenvalue weighted by Gasteiger charge is 2.79. The summed E-state index contributed by atoms with van der Waals surface area (Å²) >= 11 is 0. The Bertz CT molecular complexity index is 1830. The summed E-state index contributed by atoms with van der Waals surface area (Å²) in [4.78, 5) is 127. The number of fused-ring (bicyclic) bond motifs is 5. The number of ketones is 3. The van der Waals surface area contributed by atoms with Gasteiger partial charge in [-0.25, -0.2) is 14.4 Å². The lowest BCUT2D eigenvalue weighted by molar-refractivity contribution is -0.191. The van der Waals surface area contributed by atoms with Gasteiger partial charge in [0, 0.05) is 37.5 Å². The maximum Gasteiger partial charge on any atom is 0.330 e. The molecule has 0 amide bonds. The van der Waals surface area contributed by atoms with Crippen LogP contribution in [0.2, 0.25) is 0 Å². The maximum atomic E-state index is 15.6. The second-order valence-corrected chi connectivity index (χ2v) is 16.1. The van der Waals surface area contributed by atoms with Gasteiger partial charge in [0.1, 0.15) is 53.8 Å². The highest BCUT2D eigenvalue weighted by atomic mass is 16.6. The average Bonchev–Trinajstić information content (AvgIpc) is 3.39. The summed E-state index contributed by atoms with van der Waals surface area (Å²) in [6.45, 7) is 7.71. The van der Waals surface area contributed by atoms with E-state index in [1.807, 2.05) is 0 Å². The Morgan fingerprint density at radius 3 is 1.46 bits per heavy atom. The molecule has 4 N–H and O–H groups in total. The van der Waals surface area contributed by atoms with E-state index in [2.05, 4.69) is 0 Å². The molecule has 1 aliphatic carbocycles. The van der Waals surface area contributed by atoms with Crippen LogP contribution in [0.1, 0.15) is 86.5 Å². The zero-order valence-corrected chi connectivity index (χ0v) is 34.8. The fourth-order valence-corrected chi connectivity index (χ4v) is 7.90. The van der Waals surface area contributed by atoms with Crippen LogP contribution < -0.4 is 0 Å². The first-order valence-electron chi connectivity index (χ1n) is 20.2. The molecular weight excluding hydrogens is 808 g/mol. The van der Waals surface area contributed by atoms with Crippen molar-refractivity contribution < 1.29 is 92.0 Å². The Hall–Kier alpha value is -5.11. The molecule has 0 spiro atoms. The molecule has 1 fully saturated rings. The zero-order chi connectivity index (χ0) is 45.6. The summed E-state index contributed by atoms with van der Waals surface area (Å²) in [5, 5.41) is 45.6. The van der Waals surface area contributed by atoms with Gasteiger partial charge in [-0.1, -0.05) is 0 Å². The van der Waals surface area contributed by atoms with E-state index in [4.69, 9.17) is 28.4 Å². The van der Waals surface area contributed by atoms with Crippen molar-refractivity contribution in [3.63, 3.8) is 0 Å². The lowest BCUT2D eigenvalue weighted by atomic mass is 9.63. The second-order valence-electron chi connectivity index (χ2n) is 16.1. The number of aliphatic hydroxyl groups is 4. The Morgan fingerprint density at radius 1 is 0.541 bits per heavy atom. The third-order valence-corrected chi connectivity index (χ3v) is 11.5. The molecule has 3 heterocycles. The Labute approximate surface area is 351 Å². The molecule has 0 aromatic carbocycles. The minimum Gasteiger partial charge on any atom is -0.460 e. The molecule has 19 nitrogen and oxygen atoms in total. The molecular formula is C42H54O19. The number of Topliss-reactive ketones (excluding diaryl/α,β-unsaturated/α-hetero) is 3. The van der Waals surface area contributed by atoms with Gasteiger partial charge in [-0.15, -0.1) is 0 Å². The Kier molecular flexibility index (Phi) is 16.1. The molecule has 14 atom stereocenters. The third kappa shape index (κ3) is 11.0. The van der Waals surface area contributed by atoms with Crippen molar-refractivity contribution in [1.29, 1.82) is 0 Å². The van der Waals surface area contributed by atoms with Gasteiger partial charge in [0.25, 0.3) is 0 Å².